The molecule has 2 aromatic rings. The molecule has 1 unspecified atom stereocenters. The van der Waals surface area contributed by atoms with Gasteiger partial charge in [-0.25, -0.2) is 9.59 Å². The van der Waals surface area contributed by atoms with Crippen LogP contribution in [0.15, 0.2) is 48.5 Å². The molecule has 2 aromatic carbocycles. The Hall–Kier alpha value is -2.41. The number of carbonyl (C=O) groups excluding carboxylic acids is 2. The largest absolute Gasteiger partial charge is 0.459 e. The van der Waals surface area contributed by atoms with Crippen LogP contribution < -0.4 is 0 Å². The third-order valence-corrected chi connectivity index (χ3v) is 4.83. The van der Waals surface area contributed by atoms with Crippen LogP contribution in [0, 0.1) is 13.8 Å². The van der Waals surface area contributed by atoms with Crippen LogP contribution in [0.1, 0.15) is 31.8 Å². The van der Waals surface area contributed by atoms with Gasteiger partial charge in [-0.05, 0) is 38.1 Å². The molecule has 1 fully saturated rings. The van der Waals surface area contributed by atoms with Crippen LogP contribution in [0.25, 0.3) is 0 Å². The summed E-state index contributed by atoms with van der Waals surface area (Å²) in [6.07, 6.45) is -3.16. The molecular weight excluding hydrogens is 384 g/mol. The molecule has 0 aliphatic carbocycles. The first-order chi connectivity index (χ1) is 13.3. The zero-order chi connectivity index (χ0) is 20.3. The number of rotatable bonds is 5. The third-order valence-electron chi connectivity index (χ3n) is 4.47. The average Bonchev–Trinajstić information content (AvgIpc) is 2.95. The molecule has 0 saturated carbocycles. The lowest BCUT2D eigenvalue weighted by molar-refractivity contribution is -0.0392. The standard InChI is InChI=1S/C21H21ClO6/c1-12-3-7-14(8-4-12)20(24)26-11-16-18(17(23)19(22)27-16)28-21(25)15-9-5-13(2)6-10-15/h3-10,16-19,23H,11H2,1-2H3/t16?,17-,18-,19+/m1/s1. The average molecular weight is 405 g/mol. The summed E-state index contributed by atoms with van der Waals surface area (Å²) >= 11 is 5.95. The molecule has 7 heteroatoms. The minimum Gasteiger partial charge on any atom is -0.459 e. The molecule has 28 heavy (non-hydrogen) atoms. The Labute approximate surface area is 168 Å². The first-order valence-electron chi connectivity index (χ1n) is 8.84. The lowest BCUT2D eigenvalue weighted by Gasteiger charge is -2.20. The first kappa shape index (κ1) is 20.3. The quantitative estimate of drug-likeness (QED) is 0.609. The molecule has 0 amide bonds. The van der Waals surface area contributed by atoms with Crippen molar-refractivity contribution in [3.63, 3.8) is 0 Å². The molecule has 1 aliphatic rings. The maximum Gasteiger partial charge on any atom is 0.338 e. The zero-order valence-corrected chi connectivity index (χ0v) is 16.3. The van der Waals surface area contributed by atoms with E-state index in [4.69, 9.17) is 25.8 Å². The molecule has 0 radical (unpaired) electrons. The molecule has 0 aromatic heterocycles. The molecule has 1 aliphatic heterocycles. The summed E-state index contributed by atoms with van der Waals surface area (Å²) in [6.45, 7) is 3.61. The van der Waals surface area contributed by atoms with Crippen molar-refractivity contribution < 1.29 is 28.9 Å². The van der Waals surface area contributed by atoms with Gasteiger partial charge in [-0.15, -0.1) is 0 Å². The number of alkyl halides is 1. The molecule has 1 saturated heterocycles. The summed E-state index contributed by atoms with van der Waals surface area (Å²) in [7, 11) is 0. The Bertz CT molecular complexity index is 833. The number of hydrogen-bond donors (Lipinski definition) is 1. The van der Waals surface area contributed by atoms with Crippen LogP contribution in [0.4, 0.5) is 0 Å². The van der Waals surface area contributed by atoms with Gasteiger partial charge in [0.25, 0.3) is 0 Å². The van der Waals surface area contributed by atoms with E-state index >= 15 is 0 Å². The molecule has 1 N–H and O–H groups in total. The van der Waals surface area contributed by atoms with E-state index in [1.165, 1.54) is 0 Å². The molecule has 0 spiro atoms. The van der Waals surface area contributed by atoms with Crippen molar-refractivity contribution in [2.24, 2.45) is 0 Å². The fourth-order valence-electron chi connectivity index (χ4n) is 2.79. The van der Waals surface area contributed by atoms with Gasteiger partial charge in [0.2, 0.25) is 0 Å². The van der Waals surface area contributed by atoms with Crippen molar-refractivity contribution in [3.05, 3.63) is 70.8 Å². The van der Waals surface area contributed by atoms with E-state index in [2.05, 4.69) is 0 Å². The van der Waals surface area contributed by atoms with Gasteiger partial charge in [0.15, 0.2) is 11.7 Å². The number of hydrogen-bond acceptors (Lipinski definition) is 6. The summed E-state index contributed by atoms with van der Waals surface area (Å²) in [5.41, 5.74) is 1.68. The number of aliphatic hydroxyl groups is 1. The van der Waals surface area contributed by atoms with Crippen LogP contribution >= 0.6 is 11.6 Å². The Kier molecular flexibility index (Phi) is 6.34. The van der Waals surface area contributed by atoms with Gasteiger partial charge < -0.3 is 19.3 Å². The predicted molar refractivity (Wildman–Crippen MR) is 102 cm³/mol. The summed E-state index contributed by atoms with van der Waals surface area (Å²) in [5, 5.41) is 10.2. The smallest absolute Gasteiger partial charge is 0.338 e. The zero-order valence-electron chi connectivity index (χ0n) is 15.5. The highest BCUT2D eigenvalue weighted by Crippen LogP contribution is 2.28. The van der Waals surface area contributed by atoms with E-state index < -0.39 is 35.8 Å². The lowest BCUT2D eigenvalue weighted by atomic mass is 10.1. The SMILES string of the molecule is Cc1ccc(C(=O)OCC2O[C@H](Cl)[C@H](O)[C@@H]2OC(=O)c2ccc(C)cc2)cc1. The van der Waals surface area contributed by atoms with Gasteiger partial charge in [0.1, 0.15) is 18.8 Å². The second-order valence-electron chi connectivity index (χ2n) is 6.72. The van der Waals surface area contributed by atoms with E-state index in [0.29, 0.717) is 11.1 Å². The van der Waals surface area contributed by atoms with Gasteiger partial charge in [-0.2, -0.15) is 0 Å². The van der Waals surface area contributed by atoms with E-state index in [-0.39, 0.29) is 6.61 Å². The second kappa shape index (κ2) is 8.73. The fourth-order valence-corrected chi connectivity index (χ4v) is 3.06. The monoisotopic (exact) mass is 404 g/mol. The Morgan fingerprint density at radius 1 is 0.964 bits per heavy atom. The fraction of sp³-hybridized carbons (Fsp3) is 0.333. The molecule has 148 valence electrons. The van der Waals surface area contributed by atoms with Crippen molar-refractivity contribution in [2.75, 3.05) is 6.61 Å². The van der Waals surface area contributed by atoms with E-state index in [1.807, 2.05) is 13.8 Å². The summed E-state index contributed by atoms with van der Waals surface area (Å²) in [5.74, 6) is -1.16. The summed E-state index contributed by atoms with van der Waals surface area (Å²) in [4.78, 5) is 24.5. The highest BCUT2D eigenvalue weighted by atomic mass is 35.5. The molecule has 6 nitrogen and oxygen atoms in total. The number of aliphatic hydroxyl groups excluding tert-OH is 1. The number of benzene rings is 2. The van der Waals surface area contributed by atoms with Gasteiger partial charge in [-0.1, -0.05) is 47.0 Å². The molecular formula is C21H21ClO6. The van der Waals surface area contributed by atoms with Crippen LogP contribution in [-0.4, -0.2) is 47.5 Å². The van der Waals surface area contributed by atoms with Gasteiger partial charge in [0, 0.05) is 0 Å². The summed E-state index contributed by atoms with van der Waals surface area (Å²) in [6, 6.07) is 13.7. The Morgan fingerprint density at radius 3 is 2.00 bits per heavy atom. The lowest BCUT2D eigenvalue weighted by Crippen LogP contribution is -2.38. The van der Waals surface area contributed by atoms with Gasteiger partial charge >= 0.3 is 11.9 Å². The first-order valence-corrected chi connectivity index (χ1v) is 9.28. The molecule has 0 bridgehead atoms. The van der Waals surface area contributed by atoms with E-state index in [9.17, 15) is 14.7 Å². The number of carbonyl (C=O) groups is 2. The second-order valence-corrected chi connectivity index (χ2v) is 7.15. The van der Waals surface area contributed by atoms with Crippen molar-refractivity contribution in [1.29, 1.82) is 0 Å². The van der Waals surface area contributed by atoms with Crippen molar-refractivity contribution in [3.8, 4) is 0 Å². The molecule has 4 atom stereocenters. The summed E-state index contributed by atoms with van der Waals surface area (Å²) < 4.78 is 16.1. The van der Waals surface area contributed by atoms with E-state index in [1.54, 1.807) is 48.5 Å². The topological polar surface area (TPSA) is 82.1 Å². The van der Waals surface area contributed by atoms with E-state index in [0.717, 1.165) is 11.1 Å². The number of esters is 2. The molecule has 1 heterocycles. The highest BCUT2D eigenvalue weighted by molar-refractivity contribution is 6.20. The van der Waals surface area contributed by atoms with Gasteiger partial charge in [0.05, 0.1) is 11.1 Å². The molecule has 3 rings (SSSR count). The van der Waals surface area contributed by atoms with Crippen molar-refractivity contribution in [2.45, 2.75) is 37.7 Å². The van der Waals surface area contributed by atoms with Crippen LogP contribution in [0.3, 0.4) is 0 Å². The number of aryl methyl sites for hydroxylation is 2. The predicted octanol–water partition coefficient (Wildman–Crippen LogP) is 3.01. The van der Waals surface area contributed by atoms with Crippen LogP contribution in [0.5, 0.6) is 0 Å². The van der Waals surface area contributed by atoms with Gasteiger partial charge in [-0.3, -0.25) is 0 Å². The third kappa shape index (κ3) is 4.70. The van der Waals surface area contributed by atoms with Crippen LogP contribution in [0.2, 0.25) is 0 Å². The maximum atomic E-state index is 12.4. The minimum absolute atomic E-state index is 0.209. The number of halogens is 1. The Balaban J connectivity index is 1.63. The minimum atomic E-state index is -1.24. The van der Waals surface area contributed by atoms with Crippen LogP contribution in [-0.2, 0) is 14.2 Å². The maximum absolute atomic E-state index is 12.4. The Morgan fingerprint density at radius 2 is 1.46 bits per heavy atom. The number of ether oxygens (including phenoxy) is 3. The highest BCUT2D eigenvalue weighted by Gasteiger charge is 2.46. The van der Waals surface area contributed by atoms with Crippen molar-refractivity contribution >= 4 is 23.5 Å². The van der Waals surface area contributed by atoms with Crippen molar-refractivity contribution in [1.82, 2.24) is 0 Å². The normalized spacial score (nSPS) is 24.0.